The predicted molar refractivity (Wildman–Crippen MR) is 142 cm³/mol. The van der Waals surface area contributed by atoms with Gasteiger partial charge in [0.15, 0.2) is 0 Å². The minimum Gasteiger partial charge on any atom is -0.461 e. The Morgan fingerprint density at radius 1 is 1.25 bits per heavy atom. The van der Waals surface area contributed by atoms with Crippen LogP contribution in [0.4, 0.5) is 4.39 Å². The Balaban J connectivity index is 1.81. The predicted octanol–water partition coefficient (Wildman–Crippen LogP) is 1.77. The number of ether oxygens (including phenoxy) is 2. The van der Waals surface area contributed by atoms with E-state index >= 15 is 4.39 Å². The van der Waals surface area contributed by atoms with Crippen molar-refractivity contribution in [2.75, 3.05) is 20.3 Å². The number of benzene rings is 1. The fourth-order valence-electron chi connectivity index (χ4n) is 4.20. The molecule has 1 heterocycles. The molecule has 222 valence electrons. The van der Waals surface area contributed by atoms with Crippen LogP contribution in [0.25, 0.3) is 0 Å². The van der Waals surface area contributed by atoms with Crippen LogP contribution in [0.2, 0.25) is 0 Å². The summed E-state index contributed by atoms with van der Waals surface area (Å²) >= 11 is 0. The van der Waals surface area contributed by atoms with E-state index in [9.17, 15) is 24.1 Å². The third kappa shape index (κ3) is 8.09. The number of nitrogens with zero attached hydrogens (tertiary/aromatic N) is 1. The average molecular weight is 587 g/mol. The number of aliphatic hydroxyl groups is 1. The highest BCUT2D eigenvalue weighted by Crippen LogP contribution is 2.46. The van der Waals surface area contributed by atoms with E-state index in [0.717, 1.165) is 51.5 Å². The SMILES string of the molecule is CO[C@](CN)(COP(=O)(NC(C)C(=O)OC1CCCCC1)Oc1ccccc1)[C@@H](O)[C@@H](F)n1ccc(=O)[nH]c1=O. The van der Waals surface area contributed by atoms with Gasteiger partial charge in [0.1, 0.15) is 29.6 Å². The lowest BCUT2D eigenvalue weighted by Gasteiger charge is -2.37. The number of hydrogen-bond donors (Lipinski definition) is 4. The Kier molecular flexibility index (Phi) is 11.2. The molecule has 0 amide bonds. The van der Waals surface area contributed by atoms with E-state index in [1.165, 1.54) is 19.1 Å². The molecule has 0 saturated heterocycles. The molecule has 15 heteroatoms. The van der Waals surface area contributed by atoms with Gasteiger partial charge < -0.3 is 24.8 Å². The summed E-state index contributed by atoms with van der Waals surface area (Å²) < 4.78 is 51.7. The third-order valence-electron chi connectivity index (χ3n) is 6.66. The monoisotopic (exact) mass is 586 g/mol. The van der Waals surface area contributed by atoms with Crippen molar-refractivity contribution in [1.82, 2.24) is 14.6 Å². The smallest absolute Gasteiger partial charge is 0.459 e. The fourth-order valence-corrected chi connectivity index (χ4v) is 5.74. The fraction of sp³-hybridized carbons (Fsp3) is 0.560. The molecule has 1 aromatic carbocycles. The van der Waals surface area contributed by atoms with Crippen LogP contribution in [0.15, 0.2) is 52.2 Å². The van der Waals surface area contributed by atoms with E-state index in [4.69, 9.17) is 24.3 Å². The van der Waals surface area contributed by atoms with Crippen LogP contribution < -0.4 is 26.6 Å². The van der Waals surface area contributed by atoms with Gasteiger partial charge in [0.25, 0.3) is 5.56 Å². The molecule has 1 aliphatic rings. The zero-order chi connectivity index (χ0) is 29.3. The van der Waals surface area contributed by atoms with Crippen LogP contribution >= 0.6 is 7.75 Å². The summed E-state index contributed by atoms with van der Waals surface area (Å²) in [5.41, 5.74) is 1.91. The minimum absolute atomic E-state index is 0.130. The number of alkyl halides is 1. The van der Waals surface area contributed by atoms with Crippen molar-refractivity contribution in [3.63, 3.8) is 0 Å². The summed E-state index contributed by atoms with van der Waals surface area (Å²) in [7, 11) is -3.31. The summed E-state index contributed by atoms with van der Waals surface area (Å²) in [6, 6.07) is 7.72. The first-order chi connectivity index (χ1) is 19.0. The second-order valence-corrected chi connectivity index (χ2v) is 11.2. The first-order valence-corrected chi connectivity index (χ1v) is 14.4. The maximum absolute atomic E-state index is 15.3. The molecule has 1 aliphatic carbocycles. The van der Waals surface area contributed by atoms with Gasteiger partial charge in [0.05, 0.1) is 6.61 Å². The second kappa shape index (κ2) is 14.2. The van der Waals surface area contributed by atoms with Crippen molar-refractivity contribution in [3.05, 3.63) is 63.4 Å². The van der Waals surface area contributed by atoms with Crippen LogP contribution in [0, 0.1) is 0 Å². The second-order valence-electron chi connectivity index (χ2n) is 9.53. The number of H-pyrrole nitrogens is 1. The Morgan fingerprint density at radius 2 is 1.93 bits per heavy atom. The number of aromatic amines is 1. The summed E-state index contributed by atoms with van der Waals surface area (Å²) in [6.45, 7) is 0.0893. The first kappa shape index (κ1) is 31.7. The number of carbonyl (C=O) groups excluding carboxylic acids is 1. The molecule has 0 aliphatic heterocycles. The summed E-state index contributed by atoms with van der Waals surface area (Å²) in [5, 5.41) is 13.4. The van der Waals surface area contributed by atoms with E-state index in [1.54, 1.807) is 18.2 Å². The maximum atomic E-state index is 15.3. The Morgan fingerprint density at radius 3 is 2.52 bits per heavy atom. The molecular weight excluding hydrogens is 550 g/mol. The number of aliphatic hydroxyl groups excluding tert-OH is 1. The van der Waals surface area contributed by atoms with Crippen LogP contribution in [0.1, 0.15) is 45.3 Å². The molecule has 2 unspecified atom stereocenters. The summed E-state index contributed by atoms with van der Waals surface area (Å²) in [4.78, 5) is 38.1. The van der Waals surface area contributed by atoms with Gasteiger partial charge in [0.2, 0.25) is 6.30 Å². The van der Waals surface area contributed by atoms with E-state index in [2.05, 4.69) is 5.09 Å². The van der Waals surface area contributed by atoms with Gasteiger partial charge in [-0.1, -0.05) is 24.6 Å². The average Bonchev–Trinajstić information content (AvgIpc) is 2.94. The lowest BCUT2D eigenvalue weighted by Crippen LogP contribution is -2.57. The van der Waals surface area contributed by atoms with Crippen molar-refractivity contribution in [3.8, 4) is 5.75 Å². The maximum Gasteiger partial charge on any atom is 0.459 e. The molecule has 3 rings (SSSR count). The molecule has 13 nitrogen and oxygen atoms in total. The van der Waals surface area contributed by atoms with Gasteiger partial charge in [-0.15, -0.1) is 0 Å². The van der Waals surface area contributed by atoms with Crippen LogP contribution in [0.5, 0.6) is 5.75 Å². The standard InChI is InChI=1S/C25H36FN4O9P/c1-17(23(33)38-18-9-5-3-6-10-18)29-40(35,39-19-11-7-4-8-12-19)37-16-25(15-27,36-2)21(32)22(26)30-14-13-20(31)28-24(30)34/h4,7-8,11-14,17-18,21-22,32H,3,5-6,9-10,15-16,27H2,1-2H3,(H,29,35)(H,28,31,34)/t17?,21-,22-,25+,40?/m0/s1. The molecule has 5 N–H and O–H groups in total. The van der Waals surface area contributed by atoms with Gasteiger partial charge in [-0.25, -0.2) is 13.8 Å². The number of aromatic nitrogens is 2. The molecule has 1 saturated carbocycles. The van der Waals surface area contributed by atoms with Crippen molar-refractivity contribution in [1.29, 1.82) is 0 Å². The first-order valence-electron chi connectivity index (χ1n) is 12.9. The topological polar surface area (TPSA) is 184 Å². The Labute approximate surface area is 230 Å². The number of nitrogens with two attached hydrogens (primary N) is 1. The Bertz CT molecular complexity index is 1260. The zero-order valence-electron chi connectivity index (χ0n) is 22.4. The van der Waals surface area contributed by atoms with Crippen molar-refractivity contribution in [2.24, 2.45) is 5.73 Å². The number of methoxy groups -OCH3 is 1. The molecule has 1 aromatic heterocycles. The largest absolute Gasteiger partial charge is 0.461 e. The lowest BCUT2D eigenvalue weighted by atomic mass is 9.96. The third-order valence-corrected chi connectivity index (χ3v) is 8.28. The molecule has 2 aromatic rings. The molecular formula is C25H36FN4O9P. The van der Waals surface area contributed by atoms with Crippen LogP contribution in [0.3, 0.4) is 0 Å². The number of halogens is 1. The summed E-state index contributed by atoms with van der Waals surface area (Å²) in [6.07, 6.45) is 0.471. The number of rotatable bonds is 14. The van der Waals surface area contributed by atoms with E-state index in [0.29, 0.717) is 4.57 Å². The number of para-hydroxylation sites is 1. The van der Waals surface area contributed by atoms with Crippen molar-refractivity contribution >= 4 is 13.7 Å². The number of nitrogens with one attached hydrogen (secondary N) is 2. The van der Waals surface area contributed by atoms with Crippen molar-refractivity contribution < 1.29 is 37.4 Å². The highest BCUT2D eigenvalue weighted by molar-refractivity contribution is 7.52. The van der Waals surface area contributed by atoms with E-state index in [1.807, 2.05) is 4.98 Å². The van der Waals surface area contributed by atoms with E-state index in [-0.39, 0.29) is 11.9 Å². The minimum atomic E-state index is -4.42. The molecule has 0 spiro atoms. The molecule has 0 bridgehead atoms. The highest BCUT2D eigenvalue weighted by atomic mass is 31.2. The van der Waals surface area contributed by atoms with Crippen LogP contribution in [-0.4, -0.2) is 64.7 Å². The number of carbonyl (C=O) groups is 1. The van der Waals surface area contributed by atoms with Gasteiger partial charge in [-0.2, -0.15) is 5.09 Å². The van der Waals surface area contributed by atoms with Gasteiger partial charge in [-0.3, -0.25) is 23.7 Å². The van der Waals surface area contributed by atoms with E-state index < -0.39 is 62.2 Å². The molecule has 5 atom stereocenters. The lowest BCUT2D eigenvalue weighted by molar-refractivity contribution is -0.156. The molecule has 40 heavy (non-hydrogen) atoms. The highest BCUT2D eigenvalue weighted by Gasteiger charge is 2.46. The summed E-state index contributed by atoms with van der Waals surface area (Å²) in [5.74, 6) is -0.531. The normalized spacial score (nSPS) is 19.5. The zero-order valence-corrected chi connectivity index (χ0v) is 23.3. The van der Waals surface area contributed by atoms with Gasteiger partial charge >= 0.3 is 19.4 Å². The molecule has 0 radical (unpaired) electrons. The molecule has 1 fully saturated rings. The van der Waals surface area contributed by atoms with Gasteiger partial charge in [0, 0.05) is 25.9 Å². The van der Waals surface area contributed by atoms with Crippen LogP contribution in [-0.2, 0) is 23.4 Å². The Hall–Kier alpha value is -2.87. The number of esters is 1. The van der Waals surface area contributed by atoms with Gasteiger partial charge in [-0.05, 0) is 44.7 Å². The van der Waals surface area contributed by atoms with Crippen molar-refractivity contribution in [2.45, 2.75) is 69.2 Å². The number of hydrogen-bond acceptors (Lipinski definition) is 10. The quantitative estimate of drug-likeness (QED) is 0.187.